The molecule has 0 spiro atoms. The second-order valence-corrected chi connectivity index (χ2v) is 9.57. The second kappa shape index (κ2) is 10.3. The molecule has 1 aromatic carbocycles. The average molecular weight is 481 g/mol. The van der Waals surface area contributed by atoms with Gasteiger partial charge in [-0.15, -0.1) is 0 Å². The highest BCUT2D eigenvalue weighted by Crippen LogP contribution is 2.26. The Hall–Kier alpha value is -3.33. The minimum Gasteiger partial charge on any atom is -0.451 e. The van der Waals surface area contributed by atoms with Gasteiger partial charge in [-0.3, -0.25) is 14.4 Å². The van der Waals surface area contributed by atoms with Crippen LogP contribution >= 0.6 is 11.8 Å². The first-order valence-corrected chi connectivity index (χ1v) is 12.3. The first-order valence-electron chi connectivity index (χ1n) is 11.3. The fraction of sp³-hybridized carbons (Fsp3) is 0.360. The van der Waals surface area contributed by atoms with E-state index in [4.69, 9.17) is 4.42 Å². The molecule has 9 heteroatoms. The Balaban J connectivity index is 1.39. The van der Waals surface area contributed by atoms with Crippen molar-refractivity contribution in [2.75, 3.05) is 7.05 Å². The van der Waals surface area contributed by atoms with Gasteiger partial charge in [0.1, 0.15) is 11.8 Å². The lowest BCUT2D eigenvalue weighted by Gasteiger charge is -2.19. The van der Waals surface area contributed by atoms with E-state index in [0.717, 1.165) is 41.6 Å². The summed E-state index contributed by atoms with van der Waals surface area (Å²) < 4.78 is 5.75. The Kier molecular flexibility index (Phi) is 7.21. The molecule has 2 heterocycles. The van der Waals surface area contributed by atoms with Crippen LogP contribution in [0.2, 0.25) is 0 Å². The van der Waals surface area contributed by atoms with Crippen molar-refractivity contribution in [2.24, 2.45) is 5.92 Å². The molecule has 2 aromatic heterocycles. The maximum absolute atomic E-state index is 12.6. The molecular formula is C25H28N4O4S. The van der Waals surface area contributed by atoms with Crippen LogP contribution in [0.1, 0.15) is 47.6 Å². The molecule has 0 bridgehead atoms. The maximum atomic E-state index is 12.6. The number of rotatable bonds is 8. The minimum atomic E-state index is -0.641. The highest BCUT2D eigenvalue weighted by Gasteiger charge is 2.25. The van der Waals surface area contributed by atoms with Gasteiger partial charge in [0.15, 0.2) is 10.9 Å². The molecule has 0 aliphatic heterocycles. The molecule has 178 valence electrons. The van der Waals surface area contributed by atoms with Crippen molar-refractivity contribution < 1.29 is 14.0 Å². The Morgan fingerprint density at radius 3 is 2.62 bits per heavy atom. The van der Waals surface area contributed by atoms with Crippen molar-refractivity contribution in [1.29, 1.82) is 0 Å². The zero-order valence-electron chi connectivity index (χ0n) is 19.4. The number of nitrogens with zero attached hydrogens (tertiary/aromatic N) is 1. The summed E-state index contributed by atoms with van der Waals surface area (Å²) in [5.41, 5.74) is 3.64. The van der Waals surface area contributed by atoms with Gasteiger partial charge in [0.25, 0.3) is 11.5 Å². The Labute approximate surface area is 201 Å². The number of aromatic nitrogens is 2. The Morgan fingerprint density at radius 2 is 1.91 bits per heavy atom. The number of nitrogens with one attached hydrogen (secondary N) is 3. The second-order valence-electron chi connectivity index (χ2n) is 8.61. The first kappa shape index (κ1) is 23.8. The number of benzene rings is 1. The zero-order chi connectivity index (χ0) is 24.2. The Morgan fingerprint density at radius 1 is 1.15 bits per heavy atom. The molecule has 1 unspecified atom stereocenters. The third-order valence-electron chi connectivity index (χ3n) is 5.85. The predicted octanol–water partition coefficient (Wildman–Crippen LogP) is 3.31. The van der Waals surface area contributed by atoms with Gasteiger partial charge in [-0.2, -0.15) is 0 Å². The number of carbonyl (C=O) groups is 2. The van der Waals surface area contributed by atoms with Crippen LogP contribution in [0.5, 0.6) is 0 Å². The lowest BCUT2D eigenvalue weighted by Crippen LogP contribution is -2.48. The van der Waals surface area contributed by atoms with Gasteiger partial charge in [-0.05, 0) is 42.9 Å². The maximum Gasteiger partial charge on any atom is 0.287 e. The summed E-state index contributed by atoms with van der Waals surface area (Å²) in [5, 5.41) is 5.94. The third kappa shape index (κ3) is 5.25. The van der Waals surface area contributed by atoms with Crippen LogP contribution in [0.4, 0.5) is 0 Å². The molecule has 0 saturated heterocycles. The van der Waals surface area contributed by atoms with Crippen molar-refractivity contribution >= 4 is 23.6 Å². The van der Waals surface area contributed by atoms with Gasteiger partial charge < -0.3 is 20.0 Å². The van der Waals surface area contributed by atoms with Crippen LogP contribution in [0.15, 0.2) is 50.8 Å². The molecule has 0 radical (unpaired) electrons. The molecule has 8 nitrogen and oxygen atoms in total. The molecular weight excluding hydrogens is 452 g/mol. The van der Waals surface area contributed by atoms with E-state index in [0.29, 0.717) is 16.7 Å². The summed E-state index contributed by atoms with van der Waals surface area (Å²) >= 11 is 1.50. The molecule has 1 aliphatic rings. The highest BCUT2D eigenvalue weighted by molar-refractivity contribution is 7.98. The van der Waals surface area contributed by atoms with Crippen molar-refractivity contribution in [3.8, 4) is 11.3 Å². The fourth-order valence-electron chi connectivity index (χ4n) is 3.92. The number of aryl methyl sites for hydroxylation is 1. The van der Waals surface area contributed by atoms with Gasteiger partial charge >= 0.3 is 0 Å². The third-order valence-corrected chi connectivity index (χ3v) is 6.79. The monoisotopic (exact) mass is 480 g/mol. The lowest BCUT2D eigenvalue weighted by molar-refractivity contribution is -0.123. The number of carbonyl (C=O) groups excluding carboxylic acids is 2. The van der Waals surface area contributed by atoms with E-state index in [9.17, 15) is 14.4 Å². The molecule has 4 rings (SSSR count). The molecule has 34 heavy (non-hydrogen) atoms. The SMILES string of the molecule is CNC(=O)C(NC(=O)c1ccc(-c2ccc(CSc3nc4c(c(=O)[nH]3)CCC4)cc2)o1)C(C)C. The van der Waals surface area contributed by atoms with Crippen LogP contribution in [0.3, 0.4) is 0 Å². The Bertz CT molecular complexity index is 1250. The molecule has 3 aromatic rings. The predicted molar refractivity (Wildman–Crippen MR) is 131 cm³/mol. The van der Waals surface area contributed by atoms with Gasteiger partial charge in [0, 0.05) is 23.9 Å². The molecule has 0 saturated carbocycles. The first-order chi connectivity index (χ1) is 16.4. The molecule has 2 amide bonds. The molecule has 3 N–H and O–H groups in total. The van der Waals surface area contributed by atoms with Crippen LogP contribution < -0.4 is 16.2 Å². The van der Waals surface area contributed by atoms with E-state index in [2.05, 4.69) is 20.6 Å². The topological polar surface area (TPSA) is 117 Å². The lowest BCUT2D eigenvalue weighted by atomic mass is 10.0. The highest BCUT2D eigenvalue weighted by atomic mass is 32.2. The quantitative estimate of drug-likeness (QED) is 0.336. The number of likely N-dealkylation sites (N-methyl/N-ethyl adjacent to an activating group) is 1. The summed E-state index contributed by atoms with van der Waals surface area (Å²) in [7, 11) is 1.54. The minimum absolute atomic E-state index is 0.0203. The molecule has 0 fully saturated rings. The summed E-state index contributed by atoms with van der Waals surface area (Å²) in [6.07, 6.45) is 2.67. The molecule has 1 aliphatic carbocycles. The normalized spacial score (nSPS) is 13.5. The number of fused-ring (bicyclic) bond motifs is 1. The summed E-state index contributed by atoms with van der Waals surface area (Å²) in [6.45, 7) is 3.73. The molecule has 1 atom stereocenters. The number of amides is 2. The van der Waals surface area contributed by atoms with Crippen molar-refractivity contribution in [3.63, 3.8) is 0 Å². The standard InChI is InChI=1S/C25H28N4O4S/c1-14(2)21(24(32)26-3)28-23(31)20-12-11-19(33-20)16-9-7-15(8-10-16)13-34-25-27-18-6-4-5-17(18)22(30)29-25/h7-12,14,21H,4-6,13H2,1-3H3,(H,26,32)(H,28,31)(H,27,29,30). The summed E-state index contributed by atoms with van der Waals surface area (Å²) in [6, 6.07) is 10.5. The number of aromatic amines is 1. The van der Waals surface area contributed by atoms with Gasteiger partial charge in [0.05, 0.1) is 5.69 Å². The van der Waals surface area contributed by atoms with E-state index in [-0.39, 0.29) is 23.1 Å². The number of hydrogen-bond acceptors (Lipinski definition) is 6. The number of hydrogen-bond donors (Lipinski definition) is 3. The summed E-state index contributed by atoms with van der Waals surface area (Å²) in [5.74, 6) is 0.642. The van der Waals surface area contributed by atoms with Crippen molar-refractivity contribution in [1.82, 2.24) is 20.6 Å². The van der Waals surface area contributed by atoms with Crippen LogP contribution in [0.25, 0.3) is 11.3 Å². The van der Waals surface area contributed by atoms with Crippen LogP contribution in [-0.4, -0.2) is 34.9 Å². The van der Waals surface area contributed by atoms with E-state index in [1.54, 1.807) is 19.2 Å². The van der Waals surface area contributed by atoms with Crippen LogP contribution in [-0.2, 0) is 23.4 Å². The fourth-order valence-corrected chi connectivity index (χ4v) is 4.76. The summed E-state index contributed by atoms with van der Waals surface area (Å²) in [4.78, 5) is 44.2. The smallest absolute Gasteiger partial charge is 0.287 e. The number of H-pyrrole nitrogens is 1. The van der Waals surface area contributed by atoms with Crippen molar-refractivity contribution in [3.05, 3.63) is 69.3 Å². The van der Waals surface area contributed by atoms with Gasteiger partial charge in [-0.25, -0.2) is 4.98 Å². The van der Waals surface area contributed by atoms with Gasteiger partial charge in [0.2, 0.25) is 5.91 Å². The van der Waals surface area contributed by atoms with E-state index >= 15 is 0 Å². The van der Waals surface area contributed by atoms with Gasteiger partial charge in [-0.1, -0.05) is 49.9 Å². The largest absolute Gasteiger partial charge is 0.451 e. The van der Waals surface area contributed by atoms with Crippen molar-refractivity contribution in [2.45, 2.75) is 50.1 Å². The van der Waals surface area contributed by atoms with Crippen LogP contribution in [0, 0.1) is 5.92 Å². The number of thioether (sulfide) groups is 1. The average Bonchev–Trinajstić information content (AvgIpc) is 3.51. The van der Waals surface area contributed by atoms with E-state index in [1.807, 2.05) is 38.1 Å². The zero-order valence-corrected chi connectivity index (χ0v) is 20.3. The number of furan rings is 1. The van der Waals surface area contributed by atoms with E-state index < -0.39 is 11.9 Å². The van der Waals surface area contributed by atoms with E-state index in [1.165, 1.54) is 11.8 Å².